The van der Waals surface area contributed by atoms with E-state index in [1.54, 1.807) is 6.92 Å². The highest BCUT2D eigenvalue weighted by molar-refractivity contribution is 6.32. The van der Waals surface area contributed by atoms with Crippen molar-refractivity contribution in [2.45, 2.75) is 64.0 Å². The van der Waals surface area contributed by atoms with Gasteiger partial charge in [0.2, 0.25) is 9.76 Å². The number of aryl methyl sites for hydroxylation is 1. The van der Waals surface area contributed by atoms with Crippen molar-refractivity contribution in [3.05, 3.63) is 32.6 Å². The Balaban J connectivity index is 2.30. The maximum absolute atomic E-state index is 12.1. The van der Waals surface area contributed by atoms with Crippen molar-refractivity contribution in [2.75, 3.05) is 6.61 Å². The van der Waals surface area contributed by atoms with Gasteiger partial charge < -0.3 is 14.3 Å². The lowest BCUT2D eigenvalue weighted by Crippen LogP contribution is -2.47. The molecule has 2 N–H and O–H groups in total. The number of carbonyl (C=O) groups is 1. The molecule has 8 nitrogen and oxygen atoms in total. The Labute approximate surface area is 154 Å². The predicted octanol–water partition coefficient (Wildman–Crippen LogP) is 0.553. The fourth-order valence-electron chi connectivity index (χ4n) is 2.50. The van der Waals surface area contributed by atoms with E-state index in [9.17, 15) is 19.5 Å². The van der Waals surface area contributed by atoms with E-state index >= 15 is 0 Å². The first-order valence-corrected chi connectivity index (χ1v) is 9.47. The molecule has 0 aromatic carbocycles. The average Bonchev–Trinajstić information content (AvgIpc) is 2.95. The number of ether oxygens (including phenoxy) is 1. The summed E-state index contributed by atoms with van der Waals surface area (Å²) >= 11 is 0. The molecule has 0 amide bonds. The number of aliphatic hydroxyl groups is 1. The first-order chi connectivity index (χ1) is 12.1. The van der Waals surface area contributed by atoms with Crippen LogP contribution in [0, 0.1) is 12.8 Å². The number of hydrogen-bond donors (Lipinski definition) is 2. The van der Waals surface area contributed by atoms with Crippen LogP contribution >= 0.6 is 0 Å². The zero-order chi connectivity index (χ0) is 19.7. The van der Waals surface area contributed by atoms with E-state index in [0.29, 0.717) is 17.8 Å². The molecule has 1 aromatic heterocycles. The van der Waals surface area contributed by atoms with Gasteiger partial charge in [-0.1, -0.05) is 27.7 Å². The second-order valence-corrected chi connectivity index (χ2v) is 9.33. The van der Waals surface area contributed by atoms with Crippen LogP contribution in [0.5, 0.6) is 0 Å². The van der Waals surface area contributed by atoms with Crippen LogP contribution in [0.3, 0.4) is 0 Å². The summed E-state index contributed by atoms with van der Waals surface area (Å²) in [5.41, 5.74) is -2.29. The van der Waals surface area contributed by atoms with E-state index in [1.165, 1.54) is 10.8 Å². The summed E-state index contributed by atoms with van der Waals surface area (Å²) in [6, 6.07) is 0. The summed E-state index contributed by atoms with van der Waals surface area (Å²) < 4.78 is 13.0. The molecule has 0 aliphatic carbocycles. The van der Waals surface area contributed by atoms with Crippen LogP contribution in [0.25, 0.3) is 0 Å². The molecule has 1 aliphatic rings. The second kappa shape index (κ2) is 7.59. The van der Waals surface area contributed by atoms with Gasteiger partial charge >= 0.3 is 5.69 Å². The standard InChI is InChI=1S/C17H26N2O6Si/c1-10(2)16(4,5)26-25-12-6-13(24-17(12,8-20)9-21)19-7-11(3)14(22)18-15(19)23/h7-8,10,12-13,21H,6,9H2,1-5H3,(H,18,22,23)/t12-,13+,17+/m0/s1. The molecule has 1 saturated heterocycles. The van der Waals surface area contributed by atoms with Crippen LogP contribution in [-0.2, 0) is 14.0 Å². The molecule has 0 bridgehead atoms. The highest BCUT2D eigenvalue weighted by atomic mass is 28.2. The van der Waals surface area contributed by atoms with Crippen molar-refractivity contribution in [2.24, 2.45) is 5.92 Å². The monoisotopic (exact) mass is 382 g/mol. The van der Waals surface area contributed by atoms with Gasteiger partial charge in [0.1, 0.15) is 6.23 Å². The number of H-pyrrole nitrogens is 1. The Bertz CT molecular complexity index is 771. The van der Waals surface area contributed by atoms with E-state index in [2.05, 4.69) is 32.7 Å². The lowest BCUT2D eigenvalue weighted by atomic mass is 9.99. The van der Waals surface area contributed by atoms with Crippen LogP contribution in [-0.4, -0.2) is 49.0 Å². The van der Waals surface area contributed by atoms with Crippen molar-refractivity contribution in [3.8, 4) is 0 Å². The van der Waals surface area contributed by atoms with Gasteiger partial charge in [-0.2, -0.15) is 0 Å². The number of hydrogen-bond acceptors (Lipinski definition) is 6. The van der Waals surface area contributed by atoms with Crippen molar-refractivity contribution >= 4 is 16.0 Å². The van der Waals surface area contributed by atoms with Gasteiger partial charge in [0, 0.05) is 18.2 Å². The second-order valence-electron chi connectivity index (χ2n) is 7.60. The normalized spacial score (nSPS) is 26.4. The molecule has 9 heteroatoms. The van der Waals surface area contributed by atoms with E-state index in [4.69, 9.17) is 9.16 Å². The molecule has 26 heavy (non-hydrogen) atoms. The molecule has 3 atom stereocenters. The summed E-state index contributed by atoms with van der Waals surface area (Å²) in [5.74, 6) is 0.364. The van der Waals surface area contributed by atoms with Crippen molar-refractivity contribution < 1.29 is 19.1 Å². The fraction of sp³-hybridized carbons (Fsp3) is 0.706. The van der Waals surface area contributed by atoms with Gasteiger partial charge in [-0.05, 0) is 17.9 Å². The molecule has 1 aliphatic heterocycles. The number of aliphatic hydroxyl groups excluding tert-OH is 1. The Kier molecular flexibility index (Phi) is 6.06. The smallest absolute Gasteiger partial charge is 0.330 e. The largest absolute Gasteiger partial charge is 0.410 e. The highest BCUT2D eigenvalue weighted by Gasteiger charge is 2.51. The third kappa shape index (κ3) is 3.90. The van der Waals surface area contributed by atoms with Gasteiger partial charge in [-0.3, -0.25) is 19.1 Å². The molecule has 2 heterocycles. The number of aldehydes is 1. The lowest BCUT2D eigenvalue weighted by Gasteiger charge is -2.32. The first kappa shape index (κ1) is 20.8. The Hall–Kier alpha value is -1.55. The van der Waals surface area contributed by atoms with E-state index in [-0.39, 0.29) is 21.2 Å². The summed E-state index contributed by atoms with van der Waals surface area (Å²) in [4.78, 5) is 37.6. The SMILES string of the molecule is Cc1cn([C@H]2C[C@H](O[Si]C(C)(C)C(C)C)[C@@](C=O)(CO)O2)c(=O)[nH]c1=O. The molecule has 2 rings (SSSR count). The maximum Gasteiger partial charge on any atom is 0.330 e. The number of carbonyl (C=O) groups excluding carboxylic acids is 1. The minimum Gasteiger partial charge on any atom is -0.410 e. The van der Waals surface area contributed by atoms with Gasteiger partial charge in [-0.15, -0.1) is 0 Å². The van der Waals surface area contributed by atoms with E-state index in [1.807, 2.05) is 0 Å². The molecular weight excluding hydrogens is 356 g/mol. The topological polar surface area (TPSA) is 111 Å². The third-order valence-electron chi connectivity index (χ3n) is 5.13. The molecule has 144 valence electrons. The van der Waals surface area contributed by atoms with Crippen LogP contribution in [0.1, 0.15) is 45.9 Å². The molecular formula is C17H26N2O6Si. The molecule has 1 fully saturated rings. The Morgan fingerprint density at radius 1 is 1.54 bits per heavy atom. The zero-order valence-electron chi connectivity index (χ0n) is 15.7. The fourth-order valence-corrected chi connectivity index (χ4v) is 3.48. The summed E-state index contributed by atoms with van der Waals surface area (Å²) in [6.07, 6.45) is 0.638. The summed E-state index contributed by atoms with van der Waals surface area (Å²) in [7, 11) is 0.0911. The number of aromatic nitrogens is 2. The average molecular weight is 382 g/mol. The quantitative estimate of drug-likeness (QED) is 0.526. The van der Waals surface area contributed by atoms with Crippen LogP contribution in [0.15, 0.2) is 15.8 Å². The predicted molar refractivity (Wildman–Crippen MR) is 96.2 cm³/mol. The molecule has 0 spiro atoms. The first-order valence-electron chi connectivity index (χ1n) is 8.56. The number of rotatable bonds is 7. The number of nitrogens with one attached hydrogen (secondary N) is 1. The van der Waals surface area contributed by atoms with Crippen LogP contribution in [0.4, 0.5) is 0 Å². The number of aromatic amines is 1. The van der Waals surface area contributed by atoms with Gasteiger partial charge in [0.05, 0.1) is 12.7 Å². The van der Waals surface area contributed by atoms with E-state index in [0.717, 1.165) is 0 Å². The molecule has 0 saturated carbocycles. The van der Waals surface area contributed by atoms with Crippen molar-refractivity contribution in [3.63, 3.8) is 0 Å². The lowest BCUT2D eigenvalue weighted by molar-refractivity contribution is -0.150. The third-order valence-corrected chi connectivity index (χ3v) is 6.63. The summed E-state index contributed by atoms with van der Waals surface area (Å²) in [6.45, 7) is 9.34. The minimum atomic E-state index is -1.53. The van der Waals surface area contributed by atoms with Gasteiger partial charge in [0.15, 0.2) is 11.9 Å². The molecule has 0 unspecified atom stereocenters. The van der Waals surface area contributed by atoms with Crippen molar-refractivity contribution in [1.29, 1.82) is 0 Å². The Morgan fingerprint density at radius 3 is 2.73 bits per heavy atom. The van der Waals surface area contributed by atoms with Gasteiger partial charge in [0.25, 0.3) is 5.56 Å². The van der Waals surface area contributed by atoms with E-state index < -0.39 is 35.8 Å². The van der Waals surface area contributed by atoms with Crippen LogP contribution in [0.2, 0.25) is 5.04 Å². The van der Waals surface area contributed by atoms with Crippen LogP contribution < -0.4 is 11.2 Å². The number of nitrogens with zero attached hydrogens (tertiary/aromatic N) is 1. The maximum atomic E-state index is 12.1. The highest BCUT2D eigenvalue weighted by Crippen LogP contribution is 2.39. The molecule has 1 aromatic rings. The Morgan fingerprint density at radius 2 is 2.19 bits per heavy atom. The van der Waals surface area contributed by atoms with Crippen molar-refractivity contribution in [1.82, 2.24) is 9.55 Å². The minimum absolute atomic E-state index is 0.0911. The summed E-state index contributed by atoms with van der Waals surface area (Å²) in [5, 5.41) is 9.68. The van der Waals surface area contributed by atoms with Gasteiger partial charge in [-0.25, -0.2) is 4.79 Å². The zero-order valence-corrected chi connectivity index (χ0v) is 16.7. The molecule has 2 radical (unpaired) electrons.